The lowest BCUT2D eigenvalue weighted by atomic mass is 9.96. The van der Waals surface area contributed by atoms with Crippen LogP contribution in [0, 0.1) is 11.8 Å². The van der Waals surface area contributed by atoms with E-state index in [0.717, 1.165) is 38.8 Å². The number of nitrogens with one attached hydrogen (secondary N) is 2. The summed E-state index contributed by atoms with van der Waals surface area (Å²) in [6.45, 7) is 2.92. The molecule has 2 fully saturated rings. The molecule has 31 heavy (non-hydrogen) atoms. The topological polar surface area (TPSA) is 81.8 Å². The Bertz CT molecular complexity index is 839. The second-order valence-electron chi connectivity index (χ2n) is 8.79. The van der Waals surface area contributed by atoms with Crippen molar-refractivity contribution in [3.05, 3.63) is 36.4 Å². The molecule has 0 radical (unpaired) electrons. The first kappa shape index (κ1) is 21.4. The van der Waals surface area contributed by atoms with E-state index in [9.17, 15) is 14.4 Å². The minimum absolute atomic E-state index is 0.0352. The van der Waals surface area contributed by atoms with Crippen molar-refractivity contribution in [3.8, 4) is 0 Å². The molecule has 2 saturated heterocycles. The highest BCUT2D eigenvalue weighted by molar-refractivity contribution is 6.00. The lowest BCUT2D eigenvalue weighted by Crippen LogP contribution is -2.47. The molecule has 7 nitrogen and oxygen atoms in total. The van der Waals surface area contributed by atoms with E-state index >= 15 is 0 Å². The Morgan fingerprint density at radius 1 is 0.871 bits per heavy atom. The number of rotatable bonds is 5. The highest BCUT2D eigenvalue weighted by Crippen LogP contribution is 2.26. The maximum atomic E-state index is 12.9. The lowest BCUT2D eigenvalue weighted by molar-refractivity contribution is -0.121. The number of urea groups is 1. The molecule has 0 aromatic heterocycles. The Balaban J connectivity index is 1.29. The Morgan fingerprint density at radius 2 is 1.52 bits per heavy atom. The number of likely N-dealkylation sites (tertiary alicyclic amines) is 2. The third-order valence-electron chi connectivity index (χ3n) is 6.53. The van der Waals surface area contributed by atoms with Gasteiger partial charge in [-0.3, -0.25) is 9.59 Å². The van der Waals surface area contributed by atoms with Gasteiger partial charge in [-0.25, -0.2) is 4.79 Å². The summed E-state index contributed by atoms with van der Waals surface area (Å²) in [5.41, 5.74) is 1.25. The predicted molar refractivity (Wildman–Crippen MR) is 121 cm³/mol. The first-order chi connectivity index (χ1) is 15.1. The van der Waals surface area contributed by atoms with E-state index in [2.05, 4.69) is 22.8 Å². The van der Waals surface area contributed by atoms with Gasteiger partial charge in [-0.2, -0.15) is 0 Å². The van der Waals surface area contributed by atoms with E-state index in [1.54, 1.807) is 0 Å². The summed E-state index contributed by atoms with van der Waals surface area (Å²) >= 11 is 0. The third kappa shape index (κ3) is 5.46. The smallest absolute Gasteiger partial charge is 0.319 e. The molecule has 2 heterocycles. The summed E-state index contributed by atoms with van der Waals surface area (Å²) in [7, 11) is 0. The van der Waals surface area contributed by atoms with Crippen molar-refractivity contribution >= 4 is 29.2 Å². The zero-order valence-electron chi connectivity index (χ0n) is 18.0. The number of nitrogens with zero attached hydrogens (tertiary/aromatic N) is 2. The molecule has 1 atom stereocenters. The molecule has 0 bridgehead atoms. The SMILES string of the molecule is O=C(CC1C=CCC1)Nc1ccccc1NC(=O)C1CCN(C(=O)N2CCCC2)CC1. The van der Waals surface area contributed by atoms with Crippen molar-refractivity contribution in [1.29, 1.82) is 0 Å². The number of allylic oxidation sites excluding steroid dienone is 2. The van der Waals surface area contributed by atoms with Crippen LogP contribution in [0.25, 0.3) is 0 Å². The summed E-state index contributed by atoms with van der Waals surface area (Å²) in [5, 5.41) is 5.95. The van der Waals surface area contributed by atoms with Gasteiger partial charge >= 0.3 is 6.03 Å². The van der Waals surface area contributed by atoms with Gasteiger partial charge in [0.1, 0.15) is 0 Å². The van der Waals surface area contributed by atoms with E-state index < -0.39 is 0 Å². The van der Waals surface area contributed by atoms with Gasteiger partial charge in [-0.15, -0.1) is 0 Å². The number of carbonyl (C=O) groups excluding carboxylic acids is 3. The van der Waals surface area contributed by atoms with E-state index in [1.165, 1.54) is 0 Å². The second-order valence-corrected chi connectivity index (χ2v) is 8.79. The van der Waals surface area contributed by atoms with Crippen LogP contribution in [0.1, 0.15) is 44.9 Å². The van der Waals surface area contributed by atoms with Crippen LogP contribution in [0.3, 0.4) is 0 Å². The third-order valence-corrected chi connectivity index (χ3v) is 6.53. The van der Waals surface area contributed by atoms with Gasteiger partial charge in [-0.1, -0.05) is 24.3 Å². The summed E-state index contributed by atoms with van der Waals surface area (Å²) in [6.07, 6.45) is 10.2. The van der Waals surface area contributed by atoms with Crippen molar-refractivity contribution in [2.75, 3.05) is 36.8 Å². The molecular formula is C24H32N4O3. The summed E-state index contributed by atoms with van der Waals surface area (Å²) < 4.78 is 0. The largest absolute Gasteiger partial charge is 0.325 e. The number of benzene rings is 1. The van der Waals surface area contributed by atoms with Crippen molar-refractivity contribution < 1.29 is 14.4 Å². The highest BCUT2D eigenvalue weighted by Gasteiger charge is 2.30. The van der Waals surface area contributed by atoms with E-state index in [4.69, 9.17) is 0 Å². The predicted octanol–water partition coefficient (Wildman–Crippen LogP) is 3.85. The van der Waals surface area contributed by atoms with E-state index in [1.807, 2.05) is 34.1 Å². The maximum absolute atomic E-state index is 12.9. The van der Waals surface area contributed by atoms with Crippen molar-refractivity contribution in [2.45, 2.75) is 44.9 Å². The van der Waals surface area contributed by atoms with Crippen molar-refractivity contribution in [2.24, 2.45) is 11.8 Å². The first-order valence-electron chi connectivity index (χ1n) is 11.5. The van der Waals surface area contributed by atoms with Gasteiger partial charge in [0.2, 0.25) is 11.8 Å². The van der Waals surface area contributed by atoms with Gasteiger partial charge in [0.15, 0.2) is 0 Å². The van der Waals surface area contributed by atoms with Gasteiger partial charge in [0, 0.05) is 38.5 Å². The highest BCUT2D eigenvalue weighted by atomic mass is 16.2. The van der Waals surface area contributed by atoms with Crippen LogP contribution in [0.5, 0.6) is 0 Å². The van der Waals surface area contributed by atoms with Crippen LogP contribution in [-0.2, 0) is 9.59 Å². The molecule has 1 aliphatic carbocycles. The normalized spacial score (nSPS) is 21.4. The molecule has 1 aromatic rings. The van der Waals surface area contributed by atoms with Crippen LogP contribution in [0.2, 0.25) is 0 Å². The molecule has 1 unspecified atom stereocenters. The second kappa shape index (κ2) is 9.98. The minimum Gasteiger partial charge on any atom is -0.325 e. The van der Waals surface area contributed by atoms with Crippen LogP contribution >= 0.6 is 0 Å². The van der Waals surface area contributed by atoms with Gasteiger partial charge in [-0.05, 0) is 56.6 Å². The average Bonchev–Trinajstić information content (AvgIpc) is 3.49. The Morgan fingerprint density at radius 3 is 2.16 bits per heavy atom. The molecule has 3 aliphatic rings. The molecule has 166 valence electrons. The first-order valence-corrected chi connectivity index (χ1v) is 11.5. The van der Waals surface area contributed by atoms with Crippen LogP contribution < -0.4 is 10.6 Å². The van der Waals surface area contributed by atoms with Crippen LogP contribution in [0.4, 0.5) is 16.2 Å². The summed E-state index contributed by atoms with van der Waals surface area (Å²) in [6, 6.07) is 7.44. The number of hydrogen-bond donors (Lipinski definition) is 2. The Hall–Kier alpha value is -2.83. The summed E-state index contributed by atoms with van der Waals surface area (Å²) in [4.78, 5) is 41.6. The van der Waals surface area contributed by atoms with Gasteiger partial charge < -0.3 is 20.4 Å². The number of piperidine rings is 1. The summed E-state index contributed by atoms with van der Waals surface area (Å²) in [5.74, 6) is 0.0888. The zero-order chi connectivity index (χ0) is 21.6. The molecule has 0 saturated carbocycles. The lowest BCUT2D eigenvalue weighted by Gasteiger charge is -2.34. The number of amides is 4. The number of para-hydroxylation sites is 2. The van der Waals surface area contributed by atoms with Crippen molar-refractivity contribution in [1.82, 2.24) is 9.80 Å². The fourth-order valence-electron chi connectivity index (χ4n) is 4.68. The zero-order valence-corrected chi connectivity index (χ0v) is 18.0. The van der Waals surface area contributed by atoms with Crippen molar-refractivity contribution in [3.63, 3.8) is 0 Å². The molecule has 1 aromatic carbocycles. The quantitative estimate of drug-likeness (QED) is 0.705. The standard InChI is InChI=1S/C24H32N4O3/c29-22(17-18-7-1-2-8-18)25-20-9-3-4-10-21(20)26-23(30)19-11-15-28(16-12-19)24(31)27-13-5-6-14-27/h1,3-4,7,9-10,18-19H,2,5-6,8,11-17H2,(H,25,29)(H,26,30). The number of carbonyl (C=O) groups is 3. The monoisotopic (exact) mass is 424 g/mol. The van der Waals surface area contributed by atoms with Crippen LogP contribution in [-0.4, -0.2) is 53.8 Å². The molecule has 4 rings (SSSR count). The molecule has 7 heteroatoms. The van der Waals surface area contributed by atoms with Gasteiger partial charge in [0.05, 0.1) is 11.4 Å². The van der Waals surface area contributed by atoms with E-state index in [0.29, 0.717) is 49.6 Å². The average molecular weight is 425 g/mol. The molecule has 0 spiro atoms. The van der Waals surface area contributed by atoms with Crippen LogP contribution in [0.15, 0.2) is 36.4 Å². The molecule has 4 amide bonds. The number of hydrogen-bond acceptors (Lipinski definition) is 3. The number of anilines is 2. The fourth-order valence-corrected chi connectivity index (χ4v) is 4.68. The molecular weight excluding hydrogens is 392 g/mol. The van der Waals surface area contributed by atoms with Gasteiger partial charge in [0.25, 0.3) is 0 Å². The fraction of sp³-hybridized carbons (Fsp3) is 0.542. The molecule has 2 aliphatic heterocycles. The Kier molecular flexibility index (Phi) is 6.89. The Labute approximate surface area is 183 Å². The molecule has 2 N–H and O–H groups in total. The van der Waals surface area contributed by atoms with E-state index in [-0.39, 0.29) is 23.8 Å². The minimum atomic E-state index is -0.130. The maximum Gasteiger partial charge on any atom is 0.319 e.